The monoisotopic (exact) mass is 424 g/mol. The number of hydrogen-bond donors (Lipinski definition) is 1. The van der Waals surface area contributed by atoms with E-state index in [4.69, 9.17) is 9.15 Å². The lowest BCUT2D eigenvalue weighted by molar-refractivity contribution is -0.150. The number of carbonyl (C=O) groups is 3. The lowest BCUT2D eigenvalue weighted by Gasteiger charge is -2.31. The zero-order valence-electron chi connectivity index (χ0n) is 18.1. The Hall–Kier alpha value is -3.35. The lowest BCUT2D eigenvalue weighted by Crippen LogP contribution is -2.44. The van der Waals surface area contributed by atoms with Crippen molar-refractivity contribution in [3.8, 4) is 0 Å². The van der Waals surface area contributed by atoms with Gasteiger partial charge >= 0.3 is 5.97 Å². The number of ether oxygens (including phenoxy) is 1. The normalized spacial score (nSPS) is 14.9. The van der Waals surface area contributed by atoms with Crippen LogP contribution in [-0.2, 0) is 14.3 Å². The van der Waals surface area contributed by atoms with Crippen molar-refractivity contribution in [1.29, 1.82) is 0 Å². The van der Waals surface area contributed by atoms with Gasteiger partial charge in [-0.05, 0) is 69.0 Å². The molecule has 1 aromatic heterocycles. The smallest absolute Gasteiger partial charge is 0.309 e. The van der Waals surface area contributed by atoms with Gasteiger partial charge in [0.25, 0.3) is 11.8 Å². The van der Waals surface area contributed by atoms with E-state index in [-0.39, 0.29) is 29.4 Å². The molecule has 2 amide bonds. The Morgan fingerprint density at radius 1 is 1.16 bits per heavy atom. The minimum atomic E-state index is -0.365. The van der Waals surface area contributed by atoms with Crippen molar-refractivity contribution >= 4 is 23.9 Å². The SMILES string of the molecule is CCOC(=O)C1CCN(C(=O)/C(=C\c2ccco2)NC(=O)c2ccc(C)c(C)c2)CC1. The fourth-order valence-corrected chi connectivity index (χ4v) is 3.49. The molecule has 0 atom stereocenters. The van der Waals surface area contributed by atoms with Crippen LogP contribution < -0.4 is 5.32 Å². The van der Waals surface area contributed by atoms with Crippen LogP contribution in [0.2, 0.25) is 0 Å². The molecule has 7 heteroatoms. The van der Waals surface area contributed by atoms with Gasteiger partial charge in [-0.2, -0.15) is 0 Å². The molecular formula is C24H28N2O5. The Labute approximate surface area is 182 Å². The first-order valence-electron chi connectivity index (χ1n) is 10.5. The highest BCUT2D eigenvalue weighted by Crippen LogP contribution is 2.21. The molecule has 0 unspecified atom stereocenters. The summed E-state index contributed by atoms with van der Waals surface area (Å²) in [5.41, 5.74) is 2.69. The highest BCUT2D eigenvalue weighted by atomic mass is 16.5. The van der Waals surface area contributed by atoms with Gasteiger partial charge in [-0.1, -0.05) is 6.07 Å². The third kappa shape index (κ3) is 5.63. The number of aryl methyl sites for hydroxylation is 2. The molecule has 31 heavy (non-hydrogen) atoms. The van der Waals surface area contributed by atoms with Gasteiger partial charge in [-0.15, -0.1) is 0 Å². The molecule has 0 saturated carbocycles. The number of hydrogen-bond acceptors (Lipinski definition) is 5. The van der Waals surface area contributed by atoms with E-state index in [1.165, 1.54) is 12.3 Å². The molecular weight excluding hydrogens is 396 g/mol. The average Bonchev–Trinajstić information content (AvgIpc) is 3.28. The lowest BCUT2D eigenvalue weighted by atomic mass is 9.97. The minimum absolute atomic E-state index is 0.132. The molecule has 0 spiro atoms. The molecule has 0 radical (unpaired) electrons. The Kier molecular flexibility index (Phi) is 7.28. The number of esters is 1. The molecule has 3 rings (SSSR count). The van der Waals surface area contributed by atoms with Gasteiger partial charge in [0.1, 0.15) is 11.5 Å². The average molecular weight is 424 g/mol. The third-order valence-electron chi connectivity index (χ3n) is 5.48. The fraction of sp³-hybridized carbons (Fsp3) is 0.375. The number of piperidine rings is 1. The molecule has 1 N–H and O–H groups in total. The second-order valence-corrected chi connectivity index (χ2v) is 7.65. The molecule has 164 valence electrons. The van der Waals surface area contributed by atoms with E-state index >= 15 is 0 Å². The third-order valence-corrected chi connectivity index (χ3v) is 5.48. The fourth-order valence-electron chi connectivity index (χ4n) is 3.49. The predicted octanol–water partition coefficient (Wildman–Crippen LogP) is 3.47. The second kappa shape index (κ2) is 10.1. The van der Waals surface area contributed by atoms with Crippen molar-refractivity contribution in [2.24, 2.45) is 5.92 Å². The molecule has 1 aliphatic rings. The van der Waals surface area contributed by atoms with Gasteiger partial charge in [0, 0.05) is 24.7 Å². The Morgan fingerprint density at radius 2 is 1.90 bits per heavy atom. The Bertz CT molecular complexity index is 970. The Morgan fingerprint density at radius 3 is 2.52 bits per heavy atom. The van der Waals surface area contributed by atoms with Crippen molar-refractivity contribution in [3.05, 3.63) is 64.7 Å². The van der Waals surface area contributed by atoms with Gasteiger partial charge in [-0.3, -0.25) is 14.4 Å². The summed E-state index contributed by atoms with van der Waals surface area (Å²) < 4.78 is 10.4. The maximum atomic E-state index is 13.2. The summed E-state index contributed by atoms with van der Waals surface area (Å²) in [6, 6.07) is 8.83. The number of rotatable bonds is 6. The van der Waals surface area contributed by atoms with E-state index < -0.39 is 0 Å². The largest absolute Gasteiger partial charge is 0.466 e. The van der Waals surface area contributed by atoms with Gasteiger partial charge in [-0.25, -0.2) is 0 Å². The molecule has 1 saturated heterocycles. The summed E-state index contributed by atoms with van der Waals surface area (Å²) in [5.74, 6) is -0.632. The predicted molar refractivity (Wildman–Crippen MR) is 116 cm³/mol. The summed E-state index contributed by atoms with van der Waals surface area (Å²) in [7, 11) is 0. The molecule has 1 fully saturated rings. The number of carbonyl (C=O) groups excluding carboxylic acids is 3. The number of nitrogens with zero attached hydrogens (tertiary/aromatic N) is 1. The zero-order valence-corrected chi connectivity index (χ0v) is 18.1. The minimum Gasteiger partial charge on any atom is -0.466 e. The summed E-state index contributed by atoms with van der Waals surface area (Å²) in [6.07, 6.45) is 4.09. The van der Waals surface area contributed by atoms with Crippen molar-refractivity contribution in [2.75, 3.05) is 19.7 Å². The topological polar surface area (TPSA) is 88.8 Å². The Balaban J connectivity index is 1.75. The summed E-state index contributed by atoms with van der Waals surface area (Å²) >= 11 is 0. The van der Waals surface area contributed by atoms with Crippen LogP contribution in [0.15, 0.2) is 46.7 Å². The van der Waals surface area contributed by atoms with Crippen LogP contribution in [0.4, 0.5) is 0 Å². The highest BCUT2D eigenvalue weighted by molar-refractivity contribution is 6.05. The van der Waals surface area contributed by atoms with Crippen LogP contribution in [0.25, 0.3) is 6.08 Å². The molecule has 2 heterocycles. The van der Waals surface area contributed by atoms with Crippen molar-refractivity contribution in [1.82, 2.24) is 10.2 Å². The maximum Gasteiger partial charge on any atom is 0.309 e. The van der Waals surface area contributed by atoms with Gasteiger partial charge < -0.3 is 19.4 Å². The zero-order chi connectivity index (χ0) is 22.4. The van der Waals surface area contributed by atoms with Gasteiger partial charge in [0.05, 0.1) is 18.8 Å². The molecule has 1 aliphatic heterocycles. The quantitative estimate of drug-likeness (QED) is 0.567. The number of likely N-dealkylation sites (tertiary alicyclic amines) is 1. The van der Waals surface area contributed by atoms with Crippen LogP contribution >= 0.6 is 0 Å². The second-order valence-electron chi connectivity index (χ2n) is 7.65. The van der Waals surface area contributed by atoms with Crippen LogP contribution in [-0.4, -0.2) is 42.4 Å². The van der Waals surface area contributed by atoms with E-state index in [0.29, 0.717) is 43.9 Å². The molecule has 7 nitrogen and oxygen atoms in total. The summed E-state index contributed by atoms with van der Waals surface area (Å²) in [6.45, 7) is 6.86. The number of furan rings is 1. The maximum absolute atomic E-state index is 13.2. The van der Waals surface area contributed by atoms with Crippen LogP contribution in [0.3, 0.4) is 0 Å². The van der Waals surface area contributed by atoms with Gasteiger partial charge in [0.2, 0.25) is 0 Å². The van der Waals surface area contributed by atoms with E-state index in [1.807, 2.05) is 19.9 Å². The van der Waals surface area contributed by atoms with Crippen LogP contribution in [0.5, 0.6) is 0 Å². The van der Waals surface area contributed by atoms with Crippen molar-refractivity contribution in [3.63, 3.8) is 0 Å². The molecule has 0 bridgehead atoms. The van der Waals surface area contributed by atoms with E-state index in [1.54, 1.807) is 36.1 Å². The first kappa shape index (κ1) is 22.3. The first-order valence-corrected chi connectivity index (χ1v) is 10.5. The molecule has 1 aromatic carbocycles. The summed E-state index contributed by atoms with van der Waals surface area (Å²) in [5, 5.41) is 2.75. The summed E-state index contributed by atoms with van der Waals surface area (Å²) in [4.78, 5) is 39.6. The first-order chi connectivity index (χ1) is 14.9. The van der Waals surface area contributed by atoms with Crippen LogP contribution in [0, 0.1) is 19.8 Å². The highest BCUT2D eigenvalue weighted by Gasteiger charge is 2.30. The standard InChI is InChI=1S/C24H28N2O5/c1-4-30-24(29)18-9-11-26(12-10-18)23(28)21(15-20-6-5-13-31-20)25-22(27)19-8-7-16(2)17(3)14-19/h5-8,13-15,18H,4,9-12H2,1-3H3,(H,25,27)/b21-15+. The van der Waals surface area contributed by atoms with Crippen LogP contribution in [0.1, 0.15) is 47.0 Å². The number of amides is 2. The number of nitrogens with one attached hydrogen (secondary N) is 1. The van der Waals surface area contributed by atoms with Gasteiger partial charge in [0.15, 0.2) is 0 Å². The van der Waals surface area contributed by atoms with E-state index in [2.05, 4.69) is 5.32 Å². The molecule has 2 aromatic rings. The number of benzene rings is 1. The van der Waals surface area contributed by atoms with Crippen molar-refractivity contribution in [2.45, 2.75) is 33.6 Å². The van der Waals surface area contributed by atoms with Crippen molar-refractivity contribution < 1.29 is 23.5 Å². The van der Waals surface area contributed by atoms with E-state index in [0.717, 1.165) is 11.1 Å². The molecule has 0 aliphatic carbocycles. The van der Waals surface area contributed by atoms with E-state index in [9.17, 15) is 14.4 Å².